The minimum absolute atomic E-state index is 0.0268. The zero-order chi connectivity index (χ0) is 55.5. The summed E-state index contributed by atoms with van der Waals surface area (Å²) in [6.07, 6.45) is -2.34. The Balaban J connectivity index is 2.90. The SMILES string of the molecule is CC[C@H](C)[C@H](NC(=O)CNC(=O)CNC(=O)[C@@H](NC(=O)CNC(=O)[C@@H](NC(=O)[C@@H](N)Cc1ccc(O)cc1)C(C)C)[C@@H](C)O)C(=O)N[C@@H](CC(=O)O)C(=O)N[C@@H](CCC(N)=O)C(=O)N[C@@H](CCCCN)C(=O)O. The molecule has 0 saturated heterocycles. The zero-order valence-electron chi connectivity index (χ0n) is 41.5. The Morgan fingerprint density at radius 2 is 1.11 bits per heavy atom. The van der Waals surface area contributed by atoms with E-state index in [1.54, 1.807) is 32.9 Å². The molecule has 1 rings (SSSR count). The van der Waals surface area contributed by atoms with Crippen molar-refractivity contribution in [1.82, 2.24) is 47.9 Å². The largest absolute Gasteiger partial charge is 0.508 e. The number of primary amides is 1. The van der Waals surface area contributed by atoms with Gasteiger partial charge in [0.1, 0.15) is 42.0 Å². The highest BCUT2D eigenvalue weighted by Gasteiger charge is 2.35. The third-order valence-corrected chi connectivity index (χ3v) is 11.0. The lowest BCUT2D eigenvalue weighted by Gasteiger charge is -2.27. The first-order valence-corrected chi connectivity index (χ1v) is 23.5. The molecule has 0 aromatic heterocycles. The summed E-state index contributed by atoms with van der Waals surface area (Å²) >= 11 is 0. The van der Waals surface area contributed by atoms with Gasteiger partial charge in [-0.2, -0.15) is 0 Å². The Kier molecular flexibility index (Phi) is 28.3. The molecule has 73 heavy (non-hydrogen) atoms. The van der Waals surface area contributed by atoms with E-state index in [0.29, 0.717) is 18.4 Å². The van der Waals surface area contributed by atoms with Crippen LogP contribution >= 0.6 is 0 Å². The van der Waals surface area contributed by atoms with Crippen LogP contribution in [0.2, 0.25) is 0 Å². The second kappa shape index (κ2) is 32.5. The Hall–Kier alpha value is -7.46. The number of carbonyl (C=O) groups excluding carboxylic acids is 10. The molecule has 0 unspecified atom stereocenters. The Morgan fingerprint density at radius 3 is 1.63 bits per heavy atom. The number of nitrogens with two attached hydrogens (primary N) is 3. The van der Waals surface area contributed by atoms with E-state index in [4.69, 9.17) is 17.2 Å². The number of carbonyl (C=O) groups is 12. The van der Waals surface area contributed by atoms with Gasteiger partial charge in [0.25, 0.3) is 0 Å². The topological polar surface area (TPSA) is 472 Å². The number of phenolic OH excluding ortho intramolecular Hbond substituents is 1. The molecular weight excluding hydrogens is 965 g/mol. The summed E-state index contributed by atoms with van der Waals surface area (Å²) in [5.41, 5.74) is 17.4. The number of nitrogens with one attached hydrogen (secondary N) is 9. The highest BCUT2D eigenvalue weighted by Crippen LogP contribution is 2.13. The maximum Gasteiger partial charge on any atom is 0.326 e. The molecule has 0 aliphatic heterocycles. The van der Waals surface area contributed by atoms with Gasteiger partial charge >= 0.3 is 11.9 Å². The quantitative estimate of drug-likeness (QED) is 0.0286. The van der Waals surface area contributed by atoms with Gasteiger partial charge in [-0.3, -0.25) is 52.7 Å². The van der Waals surface area contributed by atoms with Crippen LogP contribution in [-0.4, -0.2) is 166 Å². The van der Waals surface area contributed by atoms with Gasteiger partial charge < -0.3 is 85.5 Å². The number of carboxylic acid groups (broad SMARTS) is 2. The van der Waals surface area contributed by atoms with Crippen LogP contribution in [-0.2, 0) is 64.0 Å². The summed E-state index contributed by atoms with van der Waals surface area (Å²) in [5.74, 6) is -13.5. The predicted molar refractivity (Wildman–Crippen MR) is 258 cm³/mol. The fourth-order valence-corrected chi connectivity index (χ4v) is 6.62. The smallest absolute Gasteiger partial charge is 0.326 e. The number of aliphatic hydroxyl groups is 1. The highest BCUT2D eigenvalue weighted by atomic mass is 16.4. The predicted octanol–water partition coefficient (Wildman–Crippen LogP) is -5.44. The van der Waals surface area contributed by atoms with Crippen LogP contribution in [0.15, 0.2) is 24.3 Å². The van der Waals surface area contributed by atoms with Crippen molar-refractivity contribution in [2.75, 3.05) is 26.2 Å². The number of aromatic hydroxyl groups is 1. The number of hydrogen-bond acceptors (Lipinski definition) is 16. The monoisotopic (exact) mass is 1040 g/mol. The van der Waals surface area contributed by atoms with Gasteiger partial charge in [-0.05, 0) is 75.1 Å². The first-order valence-electron chi connectivity index (χ1n) is 23.5. The van der Waals surface area contributed by atoms with Crippen molar-refractivity contribution < 1.29 is 78.0 Å². The molecule has 0 fully saturated rings. The van der Waals surface area contributed by atoms with Crippen LogP contribution in [0.4, 0.5) is 0 Å². The number of rotatable bonds is 34. The average Bonchev–Trinajstić information content (AvgIpc) is 3.32. The molecule has 408 valence electrons. The summed E-state index contributed by atoms with van der Waals surface area (Å²) in [4.78, 5) is 153. The molecule has 1 aromatic rings. The van der Waals surface area contributed by atoms with E-state index < -0.39 is 170 Å². The van der Waals surface area contributed by atoms with Crippen molar-refractivity contribution in [3.63, 3.8) is 0 Å². The van der Waals surface area contributed by atoms with E-state index in [2.05, 4.69) is 47.9 Å². The van der Waals surface area contributed by atoms with Crippen LogP contribution in [0, 0.1) is 11.8 Å². The first kappa shape index (κ1) is 63.6. The van der Waals surface area contributed by atoms with Crippen molar-refractivity contribution in [3.05, 3.63) is 29.8 Å². The summed E-state index contributed by atoms with van der Waals surface area (Å²) in [6, 6.07) is -4.13. The van der Waals surface area contributed by atoms with Crippen molar-refractivity contribution in [1.29, 1.82) is 0 Å². The van der Waals surface area contributed by atoms with Crippen molar-refractivity contribution in [2.24, 2.45) is 29.0 Å². The number of aliphatic carboxylic acids is 2. The fourth-order valence-electron chi connectivity index (χ4n) is 6.62. The Morgan fingerprint density at radius 1 is 0.589 bits per heavy atom. The third-order valence-electron chi connectivity index (χ3n) is 11.0. The zero-order valence-corrected chi connectivity index (χ0v) is 41.5. The van der Waals surface area contributed by atoms with E-state index in [0.717, 1.165) is 6.92 Å². The number of carboxylic acids is 2. The minimum Gasteiger partial charge on any atom is -0.508 e. The summed E-state index contributed by atoms with van der Waals surface area (Å²) in [5, 5.41) is 59.6. The molecule has 0 bridgehead atoms. The molecule has 0 radical (unpaired) electrons. The molecule has 19 N–H and O–H groups in total. The molecule has 1 aromatic carbocycles. The molecule has 0 aliphatic carbocycles. The molecule has 0 saturated carbocycles. The molecule has 0 heterocycles. The van der Waals surface area contributed by atoms with Gasteiger partial charge in [-0.1, -0.05) is 46.2 Å². The van der Waals surface area contributed by atoms with E-state index >= 15 is 0 Å². The molecule has 0 spiro atoms. The molecule has 9 atom stereocenters. The number of hydrogen-bond donors (Lipinski definition) is 16. The summed E-state index contributed by atoms with van der Waals surface area (Å²) in [6.45, 7) is 5.63. The summed E-state index contributed by atoms with van der Waals surface area (Å²) < 4.78 is 0. The third kappa shape index (κ3) is 24.5. The van der Waals surface area contributed by atoms with Crippen LogP contribution in [0.5, 0.6) is 5.75 Å². The van der Waals surface area contributed by atoms with Crippen molar-refractivity contribution >= 4 is 71.0 Å². The van der Waals surface area contributed by atoms with Gasteiger partial charge in [-0.25, -0.2) is 4.79 Å². The van der Waals surface area contributed by atoms with Gasteiger partial charge in [0.2, 0.25) is 59.1 Å². The van der Waals surface area contributed by atoms with Gasteiger partial charge in [-0.15, -0.1) is 0 Å². The van der Waals surface area contributed by atoms with Crippen LogP contribution in [0.25, 0.3) is 0 Å². The van der Waals surface area contributed by atoms with Gasteiger partial charge in [0, 0.05) is 6.42 Å². The number of aliphatic hydroxyl groups excluding tert-OH is 1. The fraction of sp³-hybridized carbons (Fsp3) is 0.600. The average molecular weight is 1040 g/mol. The van der Waals surface area contributed by atoms with E-state index in [1.165, 1.54) is 19.1 Å². The number of amides is 10. The number of phenols is 1. The normalized spacial score (nSPS) is 14.6. The lowest BCUT2D eigenvalue weighted by molar-refractivity contribution is -0.143. The second-order valence-corrected chi connectivity index (χ2v) is 17.5. The lowest BCUT2D eigenvalue weighted by atomic mass is 9.97. The maximum atomic E-state index is 13.6. The molecule has 0 aliphatic rings. The van der Waals surface area contributed by atoms with Crippen molar-refractivity contribution in [2.45, 2.75) is 134 Å². The van der Waals surface area contributed by atoms with E-state index in [9.17, 15) is 78.0 Å². The lowest BCUT2D eigenvalue weighted by Crippen LogP contribution is -2.59. The molecule has 28 nitrogen and oxygen atoms in total. The number of benzene rings is 1. The van der Waals surface area contributed by atoms with Gasteiger partial charge in [0.15, 0.2) is 0 Å². The number of unbranched alkanes of at least 4 members (excludes halogenated alkanes) is 1. The van der Waals surface area contributed by atoms with E-state index in [-0.39, 0.29) is 31.6 Å². The maximum absolute atomic E-state index is 13.6. The Bertz CT molecular complexity index is 2090. The molecular formula is C45H72N12O16. The Labute approximate surface area is 421 Å². The highest BCUT2D eigenvalue weighted by molar-refractivity contribution is 5.98. The van der Waals surface area contributed by atoms with Crippen LogP contribution in [0.3, 0.4) is 0 Å². The molecule has 28 heteroatoms. The van der Waals surface area contributed by atoms with Gasteiger partial charge in [0.05, 0.1) is 38.2 Å². The van der Waals surface area contributed by atoms with Crippen molar-refractivity contribution in [3.8, 4) is 5.75 Å². The molecule has 10 amide bonds. The minimum atomic E-state index is -1.87. The second-order valence-electron chi connectivity index (χ2n) is 17.5. The van der Waals surface area contributed by atoms with E-state index in [1.807, 2.05) is 0 Å². The van der Waals surface area contributed by atoms with Crippen LogP contribution < -0.4 is 65.1 Å². The first-order chi connectivity index (χ1) is 34.2. The standard InChI is InChI=1S/C45H72N12O16/c1-6-23(4)37(44(71)54-30(18-35(64)65)41(68)52-28(14-15-31(48)60)40(67)53-29(45(72)73)9-7-8-16-46)55-33(62)20-49-32(61)19-50-43(70)38(24(5)58)56-34(63)21-51-42(69)36(22(2)3)57-39(66)27(47)17-25-10-12-26(59)13-11-25/h10-13,22-24,27-30,36-38,58-59H,6-9,14-21,46-47H2,1-5H3,(H2,48,60)(H,49,61)(H,50,70)(H,51,69)(H,52,68)(H,53,67)(H,54,71)(H,55,62)(H,56,63)(H,57,66)(H,64,65)(H,72,73)/t23-,24+,27-,28-,29-,30-,36-,37-,38-/m0/s1. The summed E-state index contributed by atoms with van der Waals surface area (Å²) in [7, 11) is 0. The van der Waals surface area contributed by atoms with Crippen LogP contribution in [0.1, 0.15) is 85.1 Å².